The molecule has 2 aromatic rings. The van der Waals surface area contributed by atoms with Gasteiger partial charge in [-0.1, -0.05) is 36.4 Å². The van der Waals surface area contributed by atoms with E-state index < -0.39 is 18.1 Å². The van der Waals surface area contributed by atoms with Crippen LogP contribution < -0.4 is 5.32 Å². The fourth-order valence-electron chi connectivity index (χ4n) is 5.75. The molecular formula is C30H38N4O4. The van der Waals surface area contributed by atoms with Gasteiger partial charge in [0.25, 0.3) is 5.91 Å². The van der Waals surface area contributed by atoms with Crippen molar-refractivity contribution >= 4 is 5.91 Å². The van der Waals surface area contributed by atoms with Crippen molar-refractivity contribution in [1.82, 2.24) is 15.1 Å². The maximum atomic E-state index is 12.2. The minimum Gasteiger partial charge on any atom is -0.382 e. The molecule has 3 atom stereocenters. The highest BCUT2D eigenvalue weighted by Crippen LogP contribution is 2.42. The third kappa shape index (κ3) is 6.09. The van der Waals surface area contributed by atoms with E-state index in [2.05, 4.69) is 46.6 Å². The number of piperidine rings is 1. The number of likely N-dealkylation sites (tertiary alicyclic amines) is 1. The van der Waals surface area contributed by atoms with E-state index in [1.54, 1.807) is 19.0 Å². The summed E-state index contributed by atoms with van der Waals surface area (Å²) in [4.78, 5) is 16.5. The highest BCUT2D eigenvalue weighted by Gasteiger charge is 2.36. The number of nitrogens with one attached hydrogen (secondary N) is 1. The molecule has 0 aromatic heterocycles. The molecule has 38 heavy (non-hydrogen) atoms. The van der Waals surface area contributed by atoms with Gasteiger partial charge in [0.2, 0.25) is 0 Å². The normalized spacial score (nSPS) is 21.9. The monoisotopic (exact) mass is 518 g/mol. The van der Waals surface area contributed by atoms with Gasteiger partial charge < -0.3 is 24.8 Å². The molecule has 3 heterocycles. The SMILES string of the molecule is CN(C)C[C@H](O)C(=O)N[C@H](C#N)Cc1ccc(-c2ccc3c(c2)C(C2CCN(C4COC4)CC2)OC3)cc1. The van der Waals surface area contributed by atoms with E-state index >= 15 is 0 Å². The molecule has 2 saturated heterocycles. The quantitative estimate of drug-likeness (QED) is 0.526. The Morgan fingerprint density at radius 1 is 1.16 bits per heavy atom. The lowest BCUT2D eigenvalue weighted by Crippen LogP contribution is -2.52. The number of nitriles is 1. The van der Waals surface area contributed by atoms with Crippen molar-refractivity contribution in [2.45, 2.75) is 50.2 Å². The molecule has 0 aliphatic carbocycles. The van der Waals surface area contributed by atoms with E-state index in [1.165, 1.54) is 11.1 Å². The Bertz CT molecular complexity index is 1150. The second-order valence-electron chi connectivity index (χ2n) is 11.1. The Morgan fingerprint density at radius 3 is 2.50 bits per heavy atom. The Balaban J connectivity index is 1.21. The van der Waals surface area contributed by atoms with Crippen LogP contribution in [-0.4, -0.2) is 85.9 Å². The minimum absolute atomic E-state index is 0.159. The molecule has 3 aliphatic rings. The molecule has 0 spiro atoms. The predicted molar refractivity (Wildman–Crippen MR) is 144 cm³/mol. The first-order valence-corrected chi connectivity index (χ1v) is 13.6. The molecule has 0 saturated carbocycles. The van der Waals surface area contributed by atoms with Gasteiger partial charge in [0, 0.05) is 13.0 Å². The van der Waals surface area contributed by atoms with Crippen LogP contribution in [0.25, 0.3) is 11.1 Å². The van der Waals surface area contributed by atoms with Gasteiger partial charge in [0.15, 0.2) is 0 Å². The van der Waals surface area contributed by atoms with Crippen molar-refractivity contribution in [3.63, 3.8) is 0 Å². The molecule has 0 radical (unpaired) electrons. The zero-order chi connectivity index (χ0) is 26.6. The van der Waals surface area contributed by atoms with E-state index in [0.29, 0.717) is 25.0 Å². The fourth-order valence-corrected chi connectivity index (χ4v) is 5.75. The summed E-state index contributed by atoms with van der Waals surface area (Å²) in [6.07, 6.45) is 1.68. The van der Waals surface area contributed by atoms with E-state index in [1.807, 2.05) is 12.1 Å². The second kappa shape index (κ2) is 11.9. The Morgan fingerprint density at radius 2 is 1.87 bits per heavy atom. The summed E-state index contributed by atoms with van der Waals surface area (Å²) in [7, 11) is 3.56. The first-order valence-electron chi connectivity index (χ1n) is 13.6. The van der Waals surface area contributed by atoms with Crippen molar-refractivity contribution in [1.29, 1.82) is 5.26 Å². The van der Waals surface area contributed by atoms with Gasteiger partial charge in [-0.05, 0) is 79.8 Å². The van der Waals surface area contributed by atoms with Gasteiger partial charge in [-0.3, -0.25) is 9.69 Å². The van der Waals surface area contributed by atoms with Gasteiger partial charge in [-0.25, -0.2) is 0 Å². The summed E-state index contributed by atoms with van der Waals surface area (Å²) in [6.45, 7) is 4.88. The molecule has 2 aromatic carbocycles. The van der Waals surface area contributed by atoms with Crippen LogP contribution in [0, 0.1) is 17.2 Å². The van der Waals surface area contributed by atoms with Gasteiger partial charge in [-0.15, -0.1) is 0 Å². The molecule has 5 rings (SSSR count). The van der Waals surface area contributed by atoms with Gasteiger partial charge in [-0.2, -0.15) is 5.26 Å². The summed E-state index contributed by atoms with van der Waals surface area (Å²) in [5.41, 5.74) is 5.83. The third-order valence-corrected chi connectivity index (χ3v) is 8.05. The molecule has 8 heteroatoms. The number of benzene rings is 2. The lowest BCUT2D eigenvalue weighted by Gasteiger charge is -2.42. The highest BCUT2D eigenvalue weighted by atomic mass is 16.5. The van der Waals surface area contributed by atoms with Crippen LogP contribution in [0.3, 0.4) is 0 Å². The number of ether oxygens (including phenoxy) is 2. The minimum atomic E-state index is -1.17. The maximum Gasteiger partial charge on any atom is 0.251 e. The average molecular weight is 519 g/mol. The number of carbonyl (C=O) groups is 1. The summed E-state index contributed by atoms with van der Waals surface area (Å²) in [5, 5.41) is 22.2. The second-order valence-corrected chi connectivity index (χ2v) is 11.1. The summed E-state index contributed by atoms with van der Waals surface area (Å²) in [6, 6.07) is 16.8. The number of aliphatic hydroxyl groups is 1. The van der Waals surface area contributed by atoms with E-state index in [-0.39, 0.29) is 12.6 Å². The number of nitrogens with zero attached hydrogens (tertiary/aromatic N) is 3. The van der Waals surface area contributed by atoms with Gasteiger partial charge in [0.05, 0.1) is 38.0 Å². The van der Waals surface area contributed by atoms with Crippen molar-refractivity contribution in [3.8, 4) is 17.2 Å². The number of likely N-dealkylation sites (N-methyl/N-ethyl adjacent to an activating group) is 1. The van der Waals surface area contributed by atoms with Crippen LogP contribution in [0.1, 0.15) is 35.6 Å². The molecule has 1 unspecified atom stereocenters. The lowest BCUT2D eigenvalue weighted by molar-refractivity contribution is -0.130. The molecule has 0 bridgehead atoms. The molecule has 8 nitrogen and oxygen atoms in total. The molecule has 202 valence electrons. The summed E-state index contributed by atoms with van der Waals surface area (Å²) in [5.74, 6) is 0.0139. The number of rotatable bonds is 9. The topological polar surface area (TPSA) is 98.1 Å². The van der Waals surface area contributed by atoms with Gasteiger partial charge >= 0.3 is 0 Å². The Kier molecular flexibility index (Phi) is 8.42. The van der Waals surface area contributed by atoms with Gasteiger partial charge in [0.1, 0.15) is 12.1 Å². The summed E-state index contributed by atoms with van der Waals surface area (Å²) < 4.78 is 11.7. The van der Waals surface area contributed by atoms with Crippen molar-refractivity contribution in [2.75, 3.05) is 46.9 Å². The number of hydrogen-bond donors (Lipinski definition) is 2. The molecule has 3 aliphatic heterocycles. The Hall–Kier alpha value is -2.80. The van der Waals surface area contributed by atoms with E-state index in [0.717, 1.165) is 55.8 Å². The van der Waals surface area contributed by atoms with Crippen molar-refractivity contribution in [2.24, 2.45) is 5.92 Å². The highest BCUT2D eigenvalue weighted by molar-refractivity contribution is 5.81. The number of amides is 1. The molecule has 2 N–H and O–H groups in total. The van der Waals surface area contributed by atoms with Crippen LogP contribution in [0.4, 0.5) is 0 Å². The van der Waals surface area contributed by atoms with Crippen molar-refractivity contribution < 1.29 is 19.4 Å². The largest absolute Gasteiger partial charge is 0.382 e. The van der Waals surface area contributed by atoms with E-state index in [4.69, 9.17) is 9.47 Å². The van der Waals surface area contributed by atoms with Crippen LogP contribution >= 0.6 is 0 Å². The smallest absolute Gasteiger partial charge is 0.251 e. The number of carbonyl (C=O) groups excluding carboxylic acids is 1. The number of fused-ring (bicyclic) bond motifs is 1. The first-order chi connectivity index (χ1) is 18.4. The lowest BCUT2D eigenvalue weighted by atomic mass is 9.85. The zero-order valence-corrected chi connectivity index (χ0v) is 22.3. The molecule has 2 fully saturated rings. The average Bonchev–Trinajstić information content (AvgIpc) is 3.31. The predicted octanol–water partition coefficient (Wildman–Crippen LogP) is 2.51. The molecule has 1 amide bonds. The molecular weight excluding hydrogens is 480 g/mol. The van der Waals surface area contributed by atoms with Crippen molar-refractivity contribution in [3.05, 3.63) is 59.2 Å². The number of aliphatic hydroxyl groups excluding tert-OH is 1. The van der Waals surface area contributed by atoms with Crippen LogP contribution in [0.2, 0.25) is 0 Å². The van der Waals surface area contributed by atoms with Crippen LogP contribution in [-0.2, 0) is 27.3 Å². The fraction of sp³-hybridized carbons (Fsp3) is 0.533. The summed E-state index contributed by atoms with van der Waals surface area (Å²) >= 11 is 0. The first kappa shape index (κ1) is 26.8. The third-order valence-electron chi connectivity index (χ3n) is 8.05. The number of hydrogen-bond acceptors (Lipinski definition) is 7. The van der Waals surface area contributed by atoms with E-state index in [9.17, 15) is 15.2 Å². The Labute approximate surface area is 225 Å². The zero-order valence-electron chi connectivity index (χ0n) is 22.3. The maximum absolute atomic E-state index is 12.2. The standard InChI is InChI=1S/C30H38N4O4/c1-33(2)16-28(35)30(36)32-25(15-31)13-20-3-5-21(6-4-20)23-7-8-24-17-38-29(27(24)14-23)22-9-11-34(12-10-22)26-18-37-19-26/h3-8,14,22,25-26,28-29,35H,9-13,16-19H2,1-2H3,(H,32,36)/t25-,28-,29?/m0/s1. The van der Waals surface area contributed by atoms with Crippen LogP contribution in [0.5, 0.6) is 0 Å². The van der Waals surface area contributed by atoms with Crippen LogP contribution in [0.15, 0.2) is 42.5 Å².